The summed E-state index contributed by atoms with van der Waals surface area (Å²) < 4.78 is 16.0. The Bertz CT molecular complexity index is 1180. The second-order valence-electron chi connectivity index (χ2n) is 8.44. The van der Waals surface area contributed by atoms with E-state index >= 15 is 0 Å². The van der Waals surface area contributed by atoms with Gasteiger partial charge >= 0.3 is 11.9 Å². The fraction of sp³-hybridized carbons (Fsp3) is 0.370. The van der Waals surface area contributed by atoms with E-state index in [2.05, 4.69) is 5.32 Å². The number of rotatable bonds is 7. The van der Waals surface area contributed by atoms with Gasteiger partial charge in [-0.1, -0.05) is 12.1 Å². The van der Waals surface area contributed by atoms with Crippen molar-refractivity contribution in [2.45, 2.75) is 39.0 Å². The number of hydrogen-bond acceptors (Lipinski definition) is 8. The lowest BCUT2D eigenvalue weighted by atomic mass is 9.67. The van der Waals surface area contributed by atoms with E-state index in [0.717, 1.165) is 16.8 Å². The lowest BCUT2D eigenvalue weighted by Gasteiger charge is -2.39. The maximum atomic E-state index is 14.1. The van der Waals surface area contributed by atoms with E-state index in [1.165, 1.54) is 11.3 Å². The van der Waals surface area contributed by atoms with Gasteiger partial charge in [-0.3, -0.25) is 9.59 Å². The van der Waals surface area contributed by atoms with Gasteiger partial charge in [0.05, 0.1) is 25.9 Å². The molecule has 7 nitrogen and oxygen atoms in total. The van der Waals surface area contributed by atoms with Crippen LogP contribution in [0.15, 0.2) is 63.6 Å². The highest BCUT2D eigenvalue weighted by atomic mass is 32.1. The second kappa shape index (κ2) is 10.5. The van der Waals surface area contributed by atoms with Crippen LogP contribution in [0.25, 0.3) is 0 Å². The monoisotopic (exact) mass is 495 g/mol. The summed E-state index contributed by atoms with van der Waals surface area (Å²) in [4.78, 5) is 40.3. The Kier molecular flexibility index (Phi) is 7.40. The van der Waals surface area contributed by atoms with Gasteiger partial charge in [0, 0.05) is 28.8 Å². The summed E-state index contributed by atoms with van der Waals surface area (Å²) in [5, 5.41) is 7.14. The van der Waals surface area contributed by atoms with Crippen molar-refractivity contribution >= 4 is 29.1 Å². The quantitative estimate of drug-likeness (QED) is 0.448. The summed E-state index contributed by atoms with van der Waals surface area (Å²) in [5.41, 5.74) is 3.86. The molecule has 2 aromatic rings. The van der Waals surface area contributed by atoms with Gasteiger partial charge in [-0.25, -0.2) is 4.79 Å². The summed E-state index contributed by atoms with van der Waals surface area (Å²) >= 11 is 1.49. The van der Waals surface area contributed by atoms with E-state index < -0.39 is 29.7 Å². The first-order valence-electron chi connectivity index (χ1n) is 11.7. The number of hydrogen-bond donors (Lipinski definition) is 1. The molecule has 1 aliphatic heterocycles. The van der Waals surface area contributed by atoms with Crippen LogP contribution in [0.1, 0.15) is 50.2 Å². The van der Waals surface area contributed by atoms with E-state index in [0.29, 0.717) is 29.0 Å². The Morgan fingerprint density at radius 1 is 1.06 bits per heavy atom. The van der Waals surface area contributed by atoms with Crippen molar-refractivity contribution in [1.82, 2.24) is 5.32 Å². The molecular weight excluding hydrogens is 466 g/mol. The van der Waals surface area contributed by atoms with E-state index in [1.807, 2.05) is 48.0 Å². The highest BCUT2D eigenvalue weighted by Gasteiger charge is 2.49. The predicted molar refractivity (Wildman–Crippen MR) is 132 cm³/mol. The molecule has 0 amide bonds. The average Bonchev–Trinajstić information content (AvgIpc) is 3.38. The zero-order chi connectivity index (χ0) is 25.1. The van der Waals surface area contributed by atoms with Gasteiger partial charge in [0.1, 0.15) is 11.7 Å². The van der Waals surface area contributed by atoms with Gasteiger partial charge in [0.15, 0.2) is 5.78 Å². The normalized spacial score (nSPS) is 21.8. The number of ketones is 1. The van der Waals surface area contributed by atoms with Gasteiger partial charge < -0.3 is 19.5 Å². The highest BCUT2D eigenvalue weighted by molar-refractivity contribution is 7.08. The van der Waals surface area contributed by atoms with E-state index in [9.17, 15) is 14.4 Å². The Morgan fingerprint density at radius 3 is 2.37 bits per heavy atom. The Hall–Kier alpha value is -3.39. The third-order valence-electron chi connectivity index (χ3n) is 6.48. The minimum Gasteiger partial charge on any atom is -0.497 e. The molecule has 1 N–H and O–H groups in total. The molecular formula is C27H29NO6S. The van der Waals surface area contributed by atoms with Crippen molar-refractivity contribution in [1.29, 1.82) is 0 Å². The SMILES string of the molecule is CCOC(=O)C1=C(C)NC2=C(C(=O)[C@@H](C(=O)OCC)[C@H](c3ccc(OC)cc3)C2)[C@@H]1c1ccsc1. The molecule has 2 aliphatic rings. The number of esters is 2. The van der Waals surface area contributed by atoms with Crippen LogP contribution in [0.2, 0.25) is 0 Å². The van der Waals surface area contributed by atoms with Crippen LogP contribution in [0.5, 0.6) is 5.75 Å². The molecule has 1 aromatic carbocycles. The summed E-state index contributed by atoms with van der Waals surface area (Å²) in [6.45, 7) is 5.68. The van der Waals surface area contributed by atoms with Crippen LogP contribution in [0.3, 0.4) is 0 Å². The van der Waals surface area contributed by atoms with Gasteiger partial charge in [-0.2, -0.15) is 11.3 Å². The van der Waals surface area contributed by atoms with Gasteiger partial charge in [0.2, 0.25) is 0 Å². The predicted octanol–water partition coefficient (Wildman–Crippen LogP) is 4.47. The van der Waals surface area contributed by atoms with Crippen LogP contribution in [0, 0.1) is 5.92 Å². The molecule has 0 saturated carbocycles. The van der Waals surface area contributed by atoms with Gasteiger partial charge in [-0.15, -0.1) is 0 Å². The van der Waals surface area contributed by atoms with E-state index in [4.69, 9.17) is 14.2 Å². The van der Waals surface area contributed by atoms with Crippen LogP contribution < -0.4 is 10.1 Å². The average molecular weight is 496 g/mol. The van der Waals surface area contributed by atoms with Crippen molar-refractivity contribution in [3.63, 3.8) is 0 Å². The molecule has 0 spiro atoms. The number of benzene rings is 1. The van der Waals surface area contributed by atoms with Crippen LogP contribution in [-0.2, 0) is 23.9 Å². The number of Topliss-reactive ketones (excluding diaryl/α,β-unsaturated/α-hetero) is 1. The number of allylic oxidation sites excluding steroid dienone is 3. The lowest BCUT2D eigenvalue weighted by molar-refractivity contribution is -0.152. The van der Waals surface area contributed by atoms with Gasteiger partial charge in [-0.05, 0) is 67.3 Å². The van der Waals surface area contributed by atoms with Crippen molar-refractivity contribution in [2.24, 2.45) is 5.92 Å². The number of ether oxygens (including phenoxy) is 3. The molecule has 3 atom stereocenters. The van der Waals surface area contributed by atoms with E-state index in [-0.39, 0.29) is 19.0 Å². The molecule has 35 heavy (non-hydrogen) atoms. The highest BCUT2D eigenvalue weighted by Crippen LogP contribution is 2.48. The largest absolute Gasteiger partial charge is 0.497 e. The van der Waals surface area contributed by atoms with Crippen LogP contribution in [-0.4, -0.2) is 38.0 Å². The Balaban J connectivity index is 1.85. The first kappa shape index (κ1) is 24.7. The maximum Gasteiger partial charge on any atom is 0.336 e. The van der Waals surface area contributed by atoms with Gasteiger partial charge in [0.25, 0.3) is 0 Å². The molecule has 8 heteroatoms. The standard InChI is InChI=1S/C27H29NO6S/c1-5-33-26(30)21-15(3)28-20-13-19(16-7-9-18(32-4)10-8-16)23(27(31)34-6-2)25(29)24(20)22(21)17-11-12-35-14-17/h7-12,14,19,22-23,28H,5-6,13H2,1-4H3/t19-,22+,23-/m0/s1. The van der Waals surface area contributed by atoms with Crippen molar-refractivity contribution < 1.29 is 28.6 Å². The fourth-order valence-electron chi connectivity index (χ4n) is 4.95. The third-order valence-corrected chi connectivity index (χ3v) is 7.18. The molecule has 0 bridgehead atoms. The maximum absolute atomic E-state index is 14.1. The Labute approximate surface area is 208 Å². The zero-order valence-corrected chi connectivity index (χ0v) is 21.1. The molecule has 4 rings (SSSR count). The zero-order valence-electron chi connectivity index (χ0n) is 20.3. The number of carbonyl (C=O) groups is 3. The number of thiophene rings is 1. The van der Waals surface area contributed by atoms with Crippen molar-refractivity contribution in [3.05, 3.63) is 74.8 Å². The summed E-state index contributed by atoms with van der Waals surface area (Å²) in [6, 6.07) is 9.29. The second-order valence-corrected chi connectivity index (χ2v) is 9.22. The molecule has 184 valence electrons. The number of nitrogens with one attached hydrogen (secondary N) is 1. The molecule has 1 aliphatic carbocycles. The van der Waals surface area contributed by atoms with Crippen molar-refractivity contribution in [2.75, 3.05) is 20.3 Å². The van der Waals surface area contributed by atoms with Crippen LogP contribution >= 0.6 is 11.3 Å². The molecule has 2 heterocycles. The first-order valence-corrected chi connectivity index (χ1v) is 12.6. The molecule has 0 fully saturated rings. The first-order chi connectivity index (χ1) is 16.9. The minimum absolute atomic E-state index is 0.170. The molecule has 0 saturated heterocycles. The summed E-state index contributed by atoms with van der Waals surface area (Å²) in [7, 11) is 1.59. The fourth-order valence-corrected chi connectivity index (χ4v) is 5.64. The third kappa shape index (κ3) is 4.62. The number of dihydropyridines is 1. The molecule has 1 aromatic heterocycles. The summed E-state index contributed by atoms with van der Waals surface area (Å²) in [5.74, 6) is -2.72. The lowest BCUT2D eigenvalue weighted by Crippen LogP contribution is -2.43. The summed E-state index contributed by atoms with van der Waals surface area (Å²) in [6.07, 6.45) is 0.422. The molecule has 0 unspecified atom stereocenters. The number of methoxy groups -OCH3 is 1. The Morgan fingerprint density at radius 2 is 1.77 bits per heavy atom. The smallest absolute Gasteiger partial charge is 0.336 e. The van der Waals surface area contributed by atoms with Crippen LogP contribution in [0.4, 0.5) is 0 Å². The van der Waals surface area contributed by atoms with E-state index in [1.54, 1.807) is 21.0 Å². The molecule has 0 radical (unpaired) electrons. The van der Waals surface area contributed by atoms with Crippen molar-refractivity contribution in [3.8, 4) is 5.75 Å². The number of carbonyl (C=O) groups excluding carboxylic acids is 3. The minimum atomic E-state index is -1.02. The topological polar surface area (TPSA) is 90.9 Å².